The summed E-state index contributed by atoms with van der Waals surface area (Å²) in [6, 6.07) is 9.72. The Morgan fingerprint density at radius 3 is 2.69 bits per heavy atom. The molecule has 1 aromatic heterocycles. The molecule has 2 rings (SSSR count). The van der Waals surface area contributed by atoms with Crippen molar-refractivity contribution in [2.45, 2.75) is 26.0 Å². The number of aryl methyl sites for hydroxylation is 2. The zero-order chi connectivity index (χ0) is 11.4. The van der Waals surface area contributed by atoms with Crippen LogP contribution in [0.25, 0.3) is 0 Å². The largest absolute Gasteiger partial charge is 0.388 e. The first kappa shape index (κ1) is 10.9. The van der Waals surface area contributed by atoms with Gasteiger partial charge in [-0.2, -0.15) is 5.10 Å². The molecule has 1 unspecified atom stereocenters. The molecule has 0 aliphatic carbocycles. The van der Waals surface area contributed by atoms with E-state index in [2.05, 4.69) is 5.10 Å². The maximum atomic E-state index is 9.95. The van der Waals surface area contributed by atoms with Crippen molar-refractivity contribution >= 4 is 0 Å². The van der Waals surface area contributed by atoms with Crippen LogP contribution in [0.15, 0.2) is 42.7 Å². The number of benzene rings is 1. The number of nitrogens with zero attached hydrogens (tertiary/aromatic N) is 2. The van der Waals surface area contributed by atoms with Crippen LogP contribution in [-0.2, 0) is 6.54 Å². The lowest BCUT2D eigenvalue weighted by molar-refractivity contribution is 0.159. The van der Waals surface area contributed by atoms with Crippen LogP contribution in [0.4, 0.5) is 0 Å². The van der Waals surface area contributed by atoms with Crippen LogP contribution in [0.5, 0.6) is 0 Å². The molecule has 16 heavy (non-hydrogen) atoms. The topological polar surface area (TPSA) is 38.0 Å². The van der Waals surface area contributed by atoms with Gasteiger partial charge in [0, 0.05) is 12.7 Å². The average Bonchev–Trinajstić information content (AvgIpc) is 2.73. The summed E-state index contributed by atoms with van der Waals surface area (Å²) in [6.07, 6.45) is 4.09. The van der Waals surface area contributed by atoms with Crippen molar-refractivity contribution in [1.82, 2.24) is 9.78 Å². The standard InChI is InChI=1S/C13H16N2O/c1-11-9-14-15(10-11)8-7-13(16)12-5-3-2-4-6-12/h2-6,9-10,13,16H,7-8H2,1H3. The van der Waals surface area contributed by atoms with E-state index >= 15 is 0 Å². The summed E-state index contributed by atoms with van der Waals surface area (Å²) in [7, 11) is 0. The number of aliphatic hydroxyl groups is 1. The van der Waals surface area contributed by atoms with Crippen LogP contribution in [0.2, 0.25) is 0 Å². The molecule has 0 amide bonds. The molecular formula is C13H16N2O. The van der Waals surface area contributed by atoms with Crippen molar-refractivity contribution in [2.24, 2.45) is 0 Å². The molecule has 0 saturated carbocycles. The molecule has 1 heterocycles. The van der Waals surface area contributed by atoms with Crippen LogP contribution >= 0.6 is 0 Å². The molecule has 84 valence electrons. The summed E-state index contributed by atoms with van der Waals surface area (Å²) in [4.78, 5) is 0. The van der Waals surface area contributed by atoms with E-state index in [4.69, 9.17) is 0 Å². The van der Waals surface area contributed by atoms with Gasteiger partial charge in [0.1, 0.15) is 0 Å². The van der Waals surface area contributed by atoms with Crippen LogP contribution in [0, 0.1) is 6.92 Å². The second-order valence-electron chi connectivity index (χ2n) is 4.00. The van der Waals surface area contributed by atoms with E-state index in [0.717, 1.165) is 17.7 Å². The van der Waals surface area contributed by atoms with Gasteiger partial charge in [-0.3, -0.25) is 4.68 Å². The minimum atomic E-state index is -0.411. The van der Waals surface area contributed by atoms with Gasteiger partial charge in [-0.25, -0.2) is 0 Å². The molecule has 1 atom stereocenters. The third kappa shape index (κ3) is 2.70. The Bertz CT molecular complexity index is 436. The third-order valence-electron chi connectivity index (χ3n) is 2.58. The van der Waals surface area contributed by atoms with E-state index in [1.807, 2.05) is 54.3 Å². The van der Waals surface area contributed by atoms with Crippen molar-refractivity contribution < 1.29 is 5.11 Å². The van der Waals surface area contributed by atoms with Crippen LogP contribution in [-0.4, -0.2) is 14.9 Å². The Morgan fingerprint density at radius 2 is 2.06 bits per heavy atom. The highest BCUT2D eigenvalue weighted by molar-refractivity contribution is 5.17. The van der Waals surface area contributed by atoms with Gasteiger partial charge in [0.15, 0.2) is 0 Å². The summed E-state index contributed by atoms with van der Waals surface area (Å²) in [6.45, 7) is 2.75. The van der Waals surface area contributed by atoms with E-state index in [1.54, 1.807) is 0 Å². The molecule has 2 aromatic rings. The first-order valence-electron chi connectivity index (χ1n) is 5.48. The highest BCUT2D eigenvalue weighted by Gasteiger charge is 2.06. The summed E-state index contributed by atoms with van der Waals surface area (Å²) in [5, 5.41) is 14.1. The average molecular weight is 216 g/mol. The van der Waals surface area contributed by atoms with E-state index in [1.165, 1.54) is 0 Å². The predicted octanol–water partition coefficient (Wildman–Crippen LogP) is 2.32. The first-order chi connectivity index (χ1) is 7.75. The number of hydrogen-bond donors (Lipinski definition) is 1. The van der Waals surface area contributed by atoms with E-state index in [0.29, 0.717) is 6.42 Å². The van der Waals surface area contributed by atoms with Gasteiger partial charge < -0.3 is 5.11 Å². The molecule has 0 fully saturated rings. The summed E-state index contributed by atoms with van der Waals surface area (Å²) < 4.78 is 1.86. The Labute approximate surface area is 95.3 Å². The fourth-order valence-corrected chi connectivity index (χ4v) is 1.69. The van der Waals surface area contributed by atoms with Gasteiger partial charge in [0.2, 0.25) is 0 Å². The van der Waals surface area contributed by atoms with Crippen LogP contribution in [0.1, 0.15) is 23.7 Å². The predicted molar refractivity (Wildman–Crippen MR) is 63.0 cm³/mol. The smallest absolute Gasteiger partial charge is 0.0807 e. The molecule has 0 saturated heterocycles. The van der Waals surface area contributed by atoms with Gasteiger partial charge in [-0.1, -0.05) is 30.3 Å². The maximum Gasteiger partial charge on any atom is 0.0807 e. The second kappa shape index (κ2) is 4.94. The van der Waals surface area contributed by atoms with Gasteiger partial charge in [0.25, 0.3) is 0 Å². The lowest BCUT2D eigenvalue weighted by atomic mass is 10.1. The van der Waals surface area contributed by atoms with Gasteiger partial charge in [-0.05, 0) is 24.5 Å². The minimum absolute atomic E-state index is 0.411. The Morgan fingerprint density at radius 1 is 1.31 bits per heavy atom. The fourth-order valence-electron chi connectivity index (χ4n) is 1.69. The molecule has 0 aliphatic rings. The molecule has 3 nitrogen and oxygen atoms in total. The van der Waals surface area contributed by atoms with Crippen molar-refractivity contribution in [3.8, 4) is 0 Å². The van der Waals surface area contributed by atoms with Gasteiger partial charge in [0.05, 0.1) is 12.3 Å². The molecule has 0 aliphatic heterocycles. The lowest BCUT2D eigenvalue weighted by Gasteiger charge is -2.10. The SMILES string of the molecule is Cc1cnn(CCC(O)c2ccccc2)c1. The van der Waals surface area contributed by atoms with Crippen LogP contribution < -0.4 is 0 Å². The third-order valence-corrected chi connectivity index (χ3v) is 2.58. The van der Waals surface area contributed by atoms with Crippen molar-refractivity contribution in [2.75, 3.05) is 0 Å². The number of aliphatic hydroxyl groups excluding tert-OH is 1. The van der Waals surface area contributed by atoms with E-state index in [9.17, 15) is 5.11 Å². The molecule has 0 radical (unpaired) electrons. The monoisotopic (exact) mass is 216 g/mol. The second-order valence-corrected chi connectivity index (χ2v) is 4.00. The molecular weight excluding hydrogens is 200 g/mol. The molecule has 0 spiro atoms. The molecule has 0 bridgehead atoms. The highest BCUT2D eigenvalue weighted by atomic mass is 16.3. The number of rotatable bonds is 4. The minimum Gasteiger partial charge on any atom is -0.388 e. The first-order valence-corrected chi connectivity index (χ1v) is 5.48. The maximum absolute atomic E-state index is 9.95. The number of aromatic nitrogens is 2. The lowest BCUT2D eigenvalue weighted by Crippen LogP contribution is -2.05. The Kier molecular flexibility index (Phi) is 3.37. The van der Waals surface area contributed by atoms with Crippen molar-refractivity contribution in [3.63, 3.8) is 0 Å². The van der Waals surface area contributed by atoms with Crippen LogP contribution in [0.3, 0.4) is 0 Å². The van der Waals surface area contributed by atoms with E-state index in [-0.39, 0.29) is 0 Å². The fraction of sp³-hybridized carbons (Fsp3) is 0.308. The summed E-state index contributed by atoms with van der Waals surface area (Å²) >= 11 is 0. The van der Waals surface area contributed by atoms with Crippen molar-refractivity contribution in [3.05, 3.63) is 53.9 Å². The Hall–Kier alpha value is -1.61. The van der Waals surface area contributed by atoms with E-state index < -0.39 is 6.10 Å². The van der Waals surface area contributed by atoms with Gasteiger partial charge in [-0.15, -0.1) is 0 Å². The molecule has 1 N–H and O–H groups in total. The van der Waals surface area contributed by atoms with Gasteiger partial charge >= 0.3 is 0 Å². The normalized spacial score (nSPS) is 12.6. The molecule has 1 aromatic carbocycles. The summed E-state index contributed by atoms with van der Waals surface area (Å²) in [5.74, 6) is 0. The zero-order valence-corrected chi connectivity index (χ0v) is 9.37. The van der Waals surface area contributed by atoms with Crippen molar-refractivity contribution in [1.29, 1.82) is 0 Å². The zero-order valence-electron chi connectivity index (χ0n) is 9.37. The quantitative estimate of drug-likeness (QED) is 0.851. The summed E-state index contributed by atoms with van der Waals surface area (Å²) in [5.41, 5.74) is 2.11. The highest BCUT2D eigenvalue weighted by Crippen LogP contribution is 2.16. The number of hydrogen-bond acceptors (Lipinski definition) is 2. The Balaban J connectivity index is 1.91. The molecule has 3 heteroatoms.